The summed E-state index contributed by atoms with van der Waals surface area (Å²) >= 11 is 11.8. The van der Waals surface area contributed by atoms with E-state index >= 15 is 0 Å². The molecule has 0 aromatic heterocycles. The van der Waals surface area contributed by atoms with Crippen molar-refractivity contribution in [2.24, 2.45) is 0 Å². The molecular weight excluding hydrogens is 309 g/mol. The molecule has 0 saturated carbocycles. The second-order valence-corrected chi connectivity index (χ2v) is 5.75. The molecular formula is C16H13Cl2NO2. The summed E-state index contributed by atoms with van der Waals surface area (Å²) in [6.45, 7) is 0.0530. The minimum atomic E-state index is -0.249. The van der Waals surface area contributed by atoms with Gasteiger partial charge in [0.05, 0.1) is 6.04 Å². The Morgan fingerprint density at radius 3 is 2.00 bits per heavy atom. The highest BCUT2D eigenvalue weighted by Gasteiger charge is 2.31. The molecule has 1 N–H and O–H groups in total. The lowest BCUT2D eigenvalue weighted by molar-refractivity contribution is -0.137. The summed E-state index contributed by atoms with van der Waals surface area (Å²) < 4.78 is 5.73. The van der Waals surface area contributed by atoms with Crippen molar-refractivity contribution in [2.75, 3.05) is 6.61 Å². The standard InChI is InChI=1S/C16H13Cl2NO2/c17-12-5-1-10(2-6-12)15-16(21-9-14(20)19-15)11-3-7-13(18)8-4-11/h1-8,15-16H,9H2,(H,19,20)/t15-,16+/m1/s1. The monoisotopic (exact) mass is 321 g/mol. The minimum Gasteiger partial charge on any atom is -0.361 e. The van der Waals surface area contributed by atoms with Crippen LogP contribution in [0.1, 0.15) is 23.3 Å². The first-order chi connectivity index (χ1) is 10.1. The van der Waals surface area contributed by atoms with E-state index in [1.807, 2.05) is 36.4 Å². The van der Waals surface area contributed by atoms with Gasteiger partial charge < -0.3 is 10.1 Å². The number of ether oxygens (including phenoxy) is 1. The molecule has 2 aromatic rings. The SMILES string of the molecule is O=C1CO[C@@H](c2ccc(Cl)cc2)[C@@H](c2ccc(Cl)cc2)N1. The highest BCUT2D eigenvalue weighted by molar-refractivity contribution is 6.30. The number of nitrogens with one attached hydrogen (secondary N) is 1. The molecule has 1 fully saturated rings. The molecule has 0 radical (unpaired) electrons. The predicted octanol–water partition coefficient (Wildman–Crippen LogP) is 3.92. The third-order valence-corrected chi connectivity index (χ3v) is 3.94. The second kappa shape index (κ2) is 6.06. The Morgan fingerprint density at radius 1 is 0.905 bits per heavy atom. The van der Waals surface area contributed by atoms with Crippen molar-refractivity contribution in [1.82, 2.24) is 5.32 Å². The first-order valence-corrected chi connectivity index (χ1v) is 7.31. The van der Waals surface area contributed by atoms with Crippen LogP contribution in [0.15, 0.2) is 48.5 Å². The summed E-state index contributed by atoms with van der Waals surface area (Å²) in [6, 6.07) is 14.6. The Bertz CT molecular complexity index is 640. The van der Waals surface area contributed by atoms with Crippen LogP contribution in [0.3, 0.4) is 0 Å². The number of morpholine rings is 1. The number of amides is 1. The van der Waals surface area contributed by atoms with Crippen LogP contribution >= 0.6 is 23.2 Å². The van der Waals surface area contributed by atoms with Gasteiger partial charge in [-0.15, -0.1) is 0 Å². The Morgan fingerprint density at radius 2 is 1.43 bits per heavy atom. The van der Waals surface area contributed by atoms with Gasteiger partial charge in [0.25, 0.3) is 0 Å². The average Bonchev–Trinajstić information content (AvgIpc) is 2.49. The molecule has 2 aromatic carbocycles. The molecule has 0 unspecified atom stereocenters. The van der Waals surface area contributed by atoms with Crippen molar-refractivity contribution in [3.05, 3.63) is 69.7 Å². The number of hydrogen-bond donors (Lipinski definition) is 1. The van der Waals surface area contributed by atoms with Crippen molar-refractivity contribution in [1.29, 1.82) is 0 Å². The lowest BCUT2D eigenvalue weighted by Gasteiger charge is -2.33. The zero-order chi connectivity index (χ0) is 14.8. The van der Waals surface area contributed by atoms with Crippen LogP contribution in [0.5, 0.6) is 0 Å². The Balaban J connectivity index is 1.94. The molecule has 0 aliphatic carbocycles. The van der Waals surface area contributed by atoms with Gasteiger partial charge in [0.1, 0.15) is 12.7 Å². The molecule has 0 bridgehead atoms. The van der Waals surface area contributed by atoms with Crippen molar-refractivity contribution in [3.63, 3.8) is 0 Å². The lowest BCUT2D eigenvalue weighted by Crippen LogP contribution is -2.41. The molecule has 1 amide bonds. The molecule has 5 heteroatoms. The van der Waals surface area contributed by atoms with E-state index in [0.29, 0.717) is 10.0 Å². The molecule has 3 rings (SSSR count). The number of benzene rings is 2. The number of rotatable bonds is 2. The summed E-state index contributed by atoms with van der Waals surface area (Å²) in [5.74, 6) is -0.125. The molecule has 1 heterocycles. The number of carbonyl (C=O) groups is 1. The van der Waals surface area contributed by atoms with E-state index in [2.05, 4.69) is 5.32 Å². The Hall–Kier alpha value is -1.55. The van der Waals surface area contributed by atoms with E-state index in [-0.39, 0.29) is 24.7 Å². The molecule has 1 aliphatic heterocycles. The summed E-state index contributed by atoms with van der Waals surface area (Å²) in [7, 11) is 0. The summed E-state index contributed by atoms with van der Waals surface area (Å²) in [4.78, 5) is 11.7. The zero-order valence-electron chi connectivity index (χ0n) is 11.1. The van der Waals surface area contributed by atoms with Crippen molar-refractivity contribution in [3.8, 4) is 0 Å². The van der Waals surface area contributed by atoms with Crippen molar-refractivity contribution < 1.29 is 9.53 Å². The lowest BCUT2D eigenvalue weighted by atomic mass is 9.94. The highest BCUT2D eigenvalue weighted by Crippen LogP contribution is 2.35. The Labute approximate surface area is 132 Å². The largest absolute Gasteiger partial charge is 0.361 e. The van der Waals surface area contributed by atoms with Crippen LogP contribution in [-0.2, 0) is 9.53 Å². The summed E-state index contributed by atoms with van der Waals surface area (Å²) in [6.07, 6.45) is -0.249. The topological polar surface area (TPSA) is 38.3 Å². The first kappa shape index (κ1) is 14.4. The van der Waals surface area contributed by atoms with Crippen LogP contribution in [0.2, 0.25) is 10.0 Å². The number of hydrogen-bond acceptors (Lipinski definition) is 2. The van der Waals surface area contributed by atoms with E-state index in [1.54, 1.807) is 12.1 Å². The van der Waals surface area contributed by atoms with E-state index in [0.717, 1.165) is 11.1 Å². The Kier molecular flexibility index (Phi) is 4.15. The molecule has 3 nitrogen and oxygen atoms in total. The molecule has 108 valence electrons. The molecule has 1 aliphatic rings. The molecule has 2 atom stereocenters. The second-order valence-electron chi connectivity index (χ2n) is 4.88. The predicted molar refractivity (Wildman–Crippen MR) is 82.5 cm³/mol. The molecule has 21 heavy (non-hydrogen) atoms. The van der Waals surface area contributed by atoms with Gasteiger partial charge in [-0.05, 0) is 35.4 Å². The third kappa shape index (κ3) is 3.21. The van der Waals surface area contributed by atoms with Gasteiger partial charge in [0, 0.05) is 10.0 Å². The van der Waals surface area contributed by atoms with Crippen LogP contribution in [0.25, 0.3) is 0 Å². The van der Waals surface area contributed by atoms with E-state index in [1.165, 1.54) is 0 Å². The highest BCUT2D eigenvalue weighted by atomic mass is 35.5. The normalized spacial score (nSPS) is 21.9. The van der Waals surface area contributed by atoms with Crippen LogP contribution < -0.4 is 5.32 Å². The summed E-state index contributed by atoms with van der Waals surface area (Å²) in [5, 5.41) is 4.30. The third-order valence-electron chi connectivity index (χ3n) is 3.44. The van der Waals surface area contributed by atoms with Crippen LogP contribution in [0.4, 0.5) is 0 Å². The van der Waals surface area contributed by atoms with Gasteiger partial charge in [0.15, 0.2) is 0 Å². The maximum absolute atomic E-state index is 11.7. The fraction of sp³-hybridized carbons (Fsp3) is 0.188. The maximum atomic E-state index is 11.7. The van der Waals surface area contributed by atoms with Gasteiger partial charge in [-0.25, -0.2) is 0 Å². The minimum absolute atomic E-state index is 0.0530. The smallest absolute Gasteiger partial charge is 0.246 e. The van der Waals surface area contributed by atoms with Gasteiger partial charge in [-0.2, -0.15) is 0 Å². The number of carbonyl (C=O) groups excluding carboxylic acids is 1. The van der Waals surface area contributed by atoms with Crippen LogP contribution in [0, 0.1) is 0 Å². The first-order valence-electron chi connectivity index (χ1n) is 6.55. The van der Waals surface area contributed by atoms with E-state index in [4.69, 9.17) is 27.9 Å². The van der Waals surface area contributed by atoms with Gasteiger partial charge in [-0.3, -0.25) is 4.79 Å². The van der Waals surface area contributed by atoms with Gasteiger partial charge in [0.2, 0.25) is 5.91 Å². The van der Waals surface area contributed by atoms with Gasteiger partial charge in [-0.1, -0.05) is 47.5 Å². The summed E-state index contributed by atoms with van der Waals surface area (Å²) in [5.41, 5.74) is 1.92. The quantitative estimate of drug-likeness (QED) is 0.910. The fourth-order valence-corrected chi connectivity index (χ4v) is 2.67. The average molecular weight is 322 g/mol. The molecule has 1 saturated heterocycles. The van der Waals surface area contributed by atoms with E-state index in [9.17, 15) is 4.79 Å². The maximum Gasteiger partial charge on any atom is 0.246 e. The molecule has 0 spiro atoms. The zero-order valence-corrected chi connectivity index (χ0v) is 12.6. The van der Waals surface area contributed by atoms with Gasteiger partial charge >= 0.3 is 0 Å². The van der Waals surface area contributed by atoms with Crippen molar-refractivity contribution >= 4 is 29.1 Å². The number of halogens is 2. The fourth-order valence-electron chi connectivity index (χ4n) is 2.42. The van der Waals surface area contributed by atoms with Crippen LogP contribution in [-0.4, -0.2) is 12.5 Å². The van der Waals surface area contributed by atoms with E-state index < -0.39 is 0 Å². The van der Waals surface area contributed by atoms with Crippen molar-refractivity contribution in [2.45, 2.75) is 12.1 Å².